The fourth-order valence-electron chi connectivity index (χ4n) is 5.46. The van der Waals surface area contributed by atoms with Crippen LogP contribution in [0.5, 0.6) is 5.88 Å². The lowest BCUT2D eigenvalue weighted by Gasteiger charge is -2.33. The van der Waals surface area contributed by atoms with Crippen molar-refractivity contribution in [2.75, 3.05) is 41.9 Å². The van der Waals surface area contributed by atoms with Crippen LogP contribution in [0.3, 0.4) is 0 Å². The highest BCUT2D eigenvalue weighted by molar-refractivity contribution is 6.05. The zero-order valence-electron chi connectivity index (χ0n) is 28.5. The summed E-state index contributed by atoms with van der Waals surface area (Å²) >= 11 is 0. The first-order valence-corrected chi connectivity index (χ1v) is 15.9. The molecule has 48 heavy (non-hydrogen) atoms. The van der Waals surface area contributed by atoms with E-state index in [2.05, 4.69) is 20.6 Å². The molecule has 0 radical (unpaired) electrons. The summed E-state index contributed by atoms with van der Waals surface area (Å²) in [5.74, 6) is -0.370. The zero-order chi connectivity index (χ0) is 35.0. The summed E-state index contributed by atoms with van der Waals surface area (Å²) in [6.07, 6.45) is 0.613. The molecule has 14 heteroatoms. The fourth-order valence-corrected chi connectivity index (χ4v) is 5.46. The van der Waals surface area contributed by atoms with Crippen molar-refractivity contribution in [1.29, 1.82) is 0 Å². The van der Waals surface area contributed by atoms with Crippen LogP contribution < -0.4 is 20.3 Å². The van der Waals surface area contributed by atoms with Gasteiger partial charge in [0.05, 0.1) is 25.4 Å². The van der Waals surface area contributed by atoms with Crippen LogP contribution in [0, 0.1) is 11.7 Å². The standard InChI is InChI=1S/C34H42FN5O8/c1-9-20-23(15-37-29-28(20)40(10-11-45-29)32(43)48-34(6,7)8)21-12-19-13-25(38-30(41)46-24-17-44-16-18(24)2)36-14-22(19)27(26(21)35)39-31(42)47-33(3,4)5/h12-15,18,24H,9-11,16-17H2,1-8H3,(H,39,42)(H,36,38,41). The number of benzene rings is 1. The van der Waals surface area contributed by atoms with Crippen molar-refractivity contribution in [1.82, 2.24) is 9.97 Å². The van der Waals surface area contributed by atoms with Crippen molar-refractivity contribution in [2.45, 2.75) is 79.1 Å². The van der Waals surface area contributed by atoms with E-state index in [0.717, 1.165) is 0 Å². The van der Waals surface area contributed by atoms with Crippen LogP contribution in [-0.2, 0) is 25.4 Å². The first-order chi connectivity index (χ1) is 22.5. The zero-order valence-corrected chi connectivity index (χ0v) is 28.5. The number of anilines is 3. The highest BCUT2D eigenvalue weighted by atomic mass is 19.1. The Labute approximate surface area is 278 Å². The maximum Gasteiger partial charge on any atom is 0.415 e. The number of ether oxygens (including phenoxy) is 5. The Kier molecular flexibility index (Phi) is 9.67. The summed E-state index contributed by atoms with van der Waals surface area (Å²) in [4.78, 5) is 49.1. The largest absolute Gasteiger partial charge is 0.474 e. The summed E-state index contributed by atoms with van der Waals surface area (Å²) in [5.41, 5.74) is -0.397. The van der Waals surface area contributed by atoms with Crippen molar-refractivity contribution in [3.05, 3.63) is 35.9 Å². The lowest BCUT2D eigenvalue weighted by atomic mass is 9.94. The molecule has 0 aliphatic carbocycles. The molecule has 2 atom stereocenters. The van der Waals surface area contributed by atoms with E-state index in [-0.39, 0.29) is 47.4 Å². The molecule has 3 aromatic rings. The van der Waals surface area contributed by atoms with Gasteiger partial charge >= 0.3 is 18.3 Å². The number of halogens is 1. The van der Waals surface area contributed by atoms with Gasteiger partial charge in [-0.2, -0.15) is 0 Å². The van der Waals surface area contributed by atoms with E-state index in [1.165, 1.54) is 17.3 Å². The Morgan fingerprint density at radius 3 is 2.35 bits per heavy atom. The van der Waals surface area contributed by atoms with Crippen molar-refractivity contribution in [3.8, 4) is 17.0 Å². The SMILES string of the molecule is CCc1c(-c2cc3cc(NC(=O)OC4COCC4C)ncc3c(NC(=O)OC(C)(C)C)c2F)cnc2c1N(C(=O)OC(C)(C)C)CCO2. The fraction of sp³-hybridized carbons (Fsp3) is 0.500. The number of carbonyl (C=O) groups is 3. The molecule has 0 saturated carbocycles. The summed E-state index contributed by atoms with van der Waals surface area (Å²) in [6, 6.07) is 3.11. The Morgan fingerprint density at radius 2 is 1.71 bits per heavy atom. The lowest BCUT2D eigenvalue weighted by molar-refractivity contribution is 0.0564. The van der Waals surface area contributed by atoms with E-state index in [1.54, 1.807) is 53.7 Å². The number of fused-ring (bicyclic) bond motifs is 2. The van der Waals surface area contributed by atoms with E-state index < -0.39 is 41.4 Å². The second-order valence-corrected chi connectivity index (χ2v) is 13.8. The molecule has 2 aliphatic heterocycles. The van der Waals surface area contributed by atoms with Gasteiger partial charge in [0.15, 0.2) is 5.82 Å². The summed E-state index contributed by atoms with van der Waals surface area (Å²) in [7, 11) is 0. The second-order valence-electron chi connectivity index (χ2n) is 13.8. The molecule has 0 spiro atoms. The van der Waals surface area contributed by atoms with E-state index in [4.69, 9.17) is 23.7 Å². The lowest BCUT2D eigenvalue weighted by Crippen LogP contribution is -2.42. The van der Waals surface area contributed by atoms with Gasteiger partial charge in [0.2, 0.25) is 5.88 Å². The van der Waals surface area contributed by atoms with Crippen LogP contribution in [0.2, 0.25) is 0 Å². The third-order valence-electron chi connectivity index (χ3n) is 7.58. The Balaban J connectivity index is 1.62. The molecule has 2 aliphatic rings. The smallest absolute Gasteiger partial charge is 0.415 e. The van der Waals surface area contributed by atoms with Gasteiger partial charge in [-0.25, -0.2) is 28.7 Å². The van der Waals surface area contributed by atoms with Gasteiger partial charge in [0.1, 0.15) is 35.4 Å². The molecule has 0 bridgehead atoms. The number of nitrogens with zero attached hydrogens (tertiary/aromatic N) is 3. The third kappa shape index (κ3) is 7.70. The number of pyridine rings is 2. The number of carbonyl (C=O) groups excluding carboxylic acids is 3. The molecule has 5 rings (SSSR count). The minimum Gasteiger partial charge on any atom is -0.474 e. The summed E-state index contributed by atoms with van der Waals surface area (Å²) < 4.78 is 44.5. The number of rotatable bonds is 5. The molecule has 4 heterocycles. The molecule has 1 saturated heterocycles. The first kappa shape index (κ1) is 34.6. The van der Waals surface area contributed by atoms with Crippen LogP contribution >= 0.6 is 0 Å². The number of hydrogen-bond donors (Lipinski definition) is 2. The first-order valence-electron chi connectivity index (χ1n) is 15.9. The maximum absolute atomic E-state index is 16.7. The molecule has 2 unspecified atom stereocenters. The normalized spacial score (nSPS) is 17.7. The van der Waals surface area contributed by atoms with Gasteiger partial charge in [-0.15, -0.1) is 0 Å². The van der Waals surface area contributed by atoms with Crippen molar-refractivity contribution in [3.63, 3.8) is 0 Å². The molecule has 2 aromatic heterocycles. The molecule has 13 nitrogen and oxygen atoms in total. The van der Waals surface area contributed by atoms with Gasteiger partial charge in [-0.3, -0.25) is 15.5 Å². The predicted molar refractivity (Wildman–Crippen MR) is 177 cm³/mol. The minimum absolute atomic E-state index is 0.0435. The number of aromatic nitrogens is 2. The monoisotopic (exact) mass is 667 g/mol. The Morgan fingerprint density at radius 1 is 0.979 bits per heavy atom. The van der Waals surface area contributed by atoms with Gasteiger partial charge in [0.25, 0.3) is 0 Å². The van der Waals surface area contributed by atoms with Crippen LogP contribution in [-0.4, -0.2) is 71.9 Å². The topological polar surface area (TPSA) is 150 Å². The Bertz CT molecular complexity index is 1740. The van der Waals surface area contributed by atoms with Gasteiger partial charge in [-0.1, -0.05) is 13.8 Å². The molecule has 1 fully saturated rings. The van der Waals surface area contributed by atoms with Crippen molar-refractivity contribution in [2.24, 2.45) is 5.92 Å². The average molecular weight is 668 g/mol. The van der Waals surface area contributed by atoms with Gasteiger partial charge in [-0.05, 0) is 71.0 Å². The van der Waals surface area contributed by atoms with E-state index in [0.29, 0.717) is 41.8 Å². The number of nitrogens with one attached hydrogen (secondary N) is 2. The van der Waals surface area contributed by atoms with Crippen LogP contribution in [0.4, 0.5) is 36.0 Å². The van der Waals surface area contributed by atoms with Crippen LogP contribution in [0.15, 0.2) is 24.5 Å². The van der Waals surface area contributed by atoms with Crippen molar-refractivity contribution < 1.29 is 42.5 Å². The number of hydrogen-bond acceptors (Lipinski definition) is 10. The summed E-state index contributed by atoms with van der Waals surface area (Å²) in [5, 5.41) is 5.86. The molecular formula is C34H42FN5O8. The number of amides is 3. The molecule has 258 valence electrons. The molecule has 3 amide bonds. The quantitative estimate of drug-likeness (QED) is 0.271. The van der Waals surface area contributed by atoms with E-state index in [1.807, 2.05) is 13.8 Å². The van der Waals surface area contributed by atoms with Crippen LogP contribution in [0.1, 0.15) is 61.0 Å². The minimum atomic E-state index is -0.873. The van der Waals surface area contributed by atoms with Gasteiger partial charge < -0.3 is 23.7 Å². The highest BCUT2D eigenvalue weighted by Gasteiger charge is 2.33. The maximum atomic E-state index is 16.7. The summed E-state index contributed by atoms with van der Waals surface area (Å²) in [6.45, 7) is 15.4. The highest BCUT2D eigenvalue weighted by Crippen LogP contribution is 2.43. The second kappa shape index (κ2) is 13.4. The molecule has 2 N–H and O–H groups in total. The van der Waals surface area contributed by atoms with E-state index >= 15 is 4.39 Å². The van der Waals surface area contributed by atoms with Gasteiger partial charge in [0, 0.05) is 34.8 Å². The Hall–Kier alpha value is -4.72. The average Bonchev–Trinajstić information content (AvgIpc) is 3.39. The third-order valence-corrected chi connectivity index (χ3v) is 7.58. The van der Waals surface area contributed by atoms with E-state index in [9.17, 15) is 14.4 Å². The molecule has 1 aromatic carbocycles. The molecular weight excluding hydrogens is 625 g/mol. The van der Waals surface area contributed by atoms with Crippen molar-refractivity contribution >= 4 is 46.2 Å². The van der Waals surface area contributed by atoms with Crippen LogP contribution in [0.25, 0.3) is 21.9 Å². The predicted octanol–water partition coefficient (Wildman–Crippen LogP) is 7.06.